The van der Waals surface area contributed by atoms with Gasteiger partial charge in [0.15, 0.2) is 0 Å². The lowest BCUT2D eigenvalue weighted by Gasteiger charge is -2.15. The maximum Gasteiger partial charge on any atom is 0.315 e. The minimum Gasteiger partial charge on any atom is -0.387 e. The summed E-state index contributed by atoms with van der Waals surface area (Å²) in [7, 11) is 0. The van der Waals surface area contributed by atoms with Crippen LogP contribution < -0.4 is 10.6 Å². The molecule has 2 rings (SSSR count). The molecule has 1 atom stereocenters. The van der Waals surface area contributed by atoms with Gasteiger partial charge in [-0.25, -0.2) is 4.79 Å². The Balaban J connectivity index is 1.69. The number of hydrogen-bond acceptors (Lipinski definition) is 3. The number of nitrogens with one attached hydrogen (secondary N) is 2. The fourth-order valence-corrected chi connectivity index (χ4v) is 2.45. The molecule has 0 radical (unpaired) electrons. The average Bonchev–Trinajstić information content (AvgIpc) is 2.97. The Morgan fingerprint density at radius 2 is 2.29 bits per heavy atom. The molecule has 0 bridgehead atoms. The summed E-state index contributed by atoms with van der Waals surface area (Å²) in [6.07, 6.45) is 5.27. The second kappa shape index (κ2) is 5.84. The van der Waals surface area contributed by atoms with Gasteiger partial charge in [-0.1, -0.05) is 12.2 Å². The van der Waals surface area contributed by atoms with Crippen LogP contribution in [0.3, 0.4) is 0 Å². The molecule has 1 aromatic rings. The molecule has 0 aromatic carbocycles. The van der Waals surface area contributed by atoms with Gasteiger partial charge in [-0.05, 0) is 35.2 Å². The molecule has 4 nitrogen and oxygen atoms in total. The van der Waals surface area contributed by atoms with Gasteiger partial charge in [-0.15, -0.1) is 0 Å². The van der Waals surface area contributed by atoms with E-state index in [1.54, 1.807) is 0 Å². The van der Waals surface area contributed by atoms with Gasteiger partial charge in [0.2, 0.25) is 0 Å². The summed E-state index contributed by atoms with van der Waals surface area (Å²) in [5, 5.41) is 19.1. The number of aliphatic hydroxyl groups excluding tert-OH is 1. The van der Waals surface area contributed by atoms with Crippen molar-refractivity contribution in [1.29, 1.82) is 0 Å². The fraction of sp³-hybridized carbons (Fsp3) is 0.417. The van der Waals surface area contributed by atoms with Crippen LogP contribution in [0.4, 0.5) is 4.79 Å². The normalized spacial score (nSPS) is 17.0. The summed E-state index contributed by atoms with van der Waals surface area (Å²) in [4.78, 5) is 11.5. The Morgan fingerprint density at radius 3 is 2.94 bits per heavy atom. The Labute approximate surface area is 104 Å². The number of rotatable bonds is 4. The number of aliphatic hydroxyl groups is 1. The van der Waals surface area contributed by atoms with E-state index in [0.717, 1.165) is 18.4 Å². The molecule has 1 aliphatic carbocycles. The molecular formula is C12H16N2O2S. The highest BCUT2D eigenvalue weighted by molar-refractivity contribution is 7.07. The van der Waals surface area contributed by atoms with E-state index in [2.05, 4.69) is 22.8 Å². The first-order valence-corrected chi connectivity index (χ1v) is 6.59. The van der Waals surface area contributed by atoms with E-state index in [0.29, 0.717) is 0 Å². The number of amides is 2. The predicted octanol–water partition coefficient (Wildman–Crippen LogP) is 1.80. The summed E-state index contributed by atoms with van der Waals surface area (Å²) >= 11 is 1.53. The van der Waals surface area contributed by atoms with E-state index >= 15 is 0 Å². The first-order valence-electron chi connectivity index (χ1n) is 5.65. The van der Waals surface area contributed by atoms with Crippen molar-refractivity contribution >= 4 is 17.4 Å². The maximum atomic E-state index is 11.5. The van der Waals surface area contributed by atoms with Crippen LogP contribution in [0.15, 0.2) is 29.0 Å². The van der Waals surface area contributed by atoms with Crippen molar-refractivity contribution in [2.75, 3.05) is 6.54 Å². The number of carbonyl (C=O) groups is 1. The van der Waals surface area contributed by atoms with E-state index < -0.39 is 6.10 Å². The SMILES string of the molecule is O=C(NCC(O)c1ccsc1)NC1CC=CC1. The molecule has 92 valence electrons. The molecular weight excluding hydrogens is 236 g/mol. The fourth-order valence-electron chi connectivity index (χ4n) is 1.74. The van der Waals surface area contributed by atoms with Crippen LogP contribution in [-0.2, 0) is 0 Å². The van der Waals surface area contributed by atoms with Gasteiger partial charge in [0.25, 0.3) is 0 Å². The van der Waals surface area contributed by atoms with Crippen LogP contribution in [0.2, 0.25) is 0 Å². The van der Waals surface area contributed by atoms with E-state index in [1.807, 2.05) is 16.8 Å². The Morgan fingerprint density at radius 1 is 1.53 bits per heavy atom. The number of urea groups is 1. The predicted molar refractivity (Wildman–Crippen MR) is 68.0 cm³/mol. The molecule has 0 fully saturated rings. The third-order valence-corrected chi connectivity index (χ3v) is 3.43. The van der Waals surface area contributed by atoms with Gasteiger partial charge < -0.3 is 15.7 Å². The Hall–Kier alpha value is -1.33. The molecule has 17 heavy (non-hydrogen) atoms. The molecule has 1 aromatic heterocycles. The van der Waals surface area contributed by atoms with Gasteiger partial charge in [0.05, 0.1) is 6.10 Å². The van der Waals surface area contributed by atoms with Gasteiger partial charge in [-0.2, -0.15) is 11.3 Å². The van der Waals surface area contributed by atoms with Crippen molar-refractivity contribution in [3.05, 3.63) is 34.5 Å². The van der Waals surface area contributed by atoms with Crippen LogP contribution in [0.1, 0.15) is 24.5 Å². The van der Waals surface area contributed by atoms with Crippen molar-refractivity contribution in [2.45, 2.75) is 25.0 Å². The average molecular weight is 252 g/mol. The van der Waals surface area contributed by atoms with Crippen LogP contribution in [0, 0.1) is 0 Å². The van der Waals surface area contributed by atoms with Crippen molar-refractivity contribution in [1.82, 2.24) is 10.6 Å². The van der Waals surface area contributed by atoms with Crippen molar-refractivity contribution in [3.8, 4) is 0 Å². The van der Waals surface area contributed by atoms with Crippen molar-refractivity contribution in [3.63, 3.8) is 0 Å². The van der Waals surface area contributed by atoms with Gasteiger partial charge in [-0.3, -0.25) is 0 Å². The quantitative estimate of drug-likeness (QED) is 0.716. The molecule has 1 heterocycles. The topological polar surface area (TPSA) is 61.4 Å². The number of hydrogen-bond donors (Lipinski definition) is 3. The van der Waals surface area contributed by atoms with Gasteiger partial charge in [0, 0.05) is 12.6 Å². The summed E-state index contributed by atoms with van der Waals surface area (Å²) < 4.78 is 0. The minimum atomic E-state index is -0.631. The highest BCUT2D eigenvalue weighted by Gasteiger charge is 2.14. The summed E-state index contributed by atoms with van der Waals surface area (Å²) in [5.74, 6) is 0. The lowest BCUT2D eigenvalue weighted by atomic mass is 10.2. The van der Waals surface area contributed by atoms with Crippen LogP contribution >= 0.6 is 11.3 Å². The zero-order chi connectivity index (χ0) is 12.1. The zero-order valence-electron chi connectivity index (χ0n) is 9.43. The molecule has 5 heteroatoms. The lowest BCUT2D eigenvalue weighted by Crippen LogP contribution is -2.42. The highest BCUT2D eigenvalue weighted by Crippen LogP contribution is 2.15. The third kappa shape index (κ3) is 3.57. The van der Waals surface area contributed by atoms with Crippen LogP contribution in [0.25, 0.3) is 0 Å². The van der Waals surface area contributed by atoms with Crippen LogP contribution in [0.5, 0.6) is 0 Å². The molecule has 1 unspecified atom stereocenters. The summed E-state index contributed by atoms with van der Waals surface area (Å²) in [6.45, 7) is 0.239. The molecule has 1 aliphatic rings. The van der Waals surface area contributed by atoms with E-state index in [-0.39, 0.29) is 18.6 Å². The molecule has 0 saturated heterocycles. The summed E-state index contributed by atoms with van der Waals surface area (Å²) in [5.41, 5.74) is 0.845. The third-order valence-electron chi connectivity index (χ3n) is 2.73. The summed E-state index contributed by atoms with van der Waals surface area (Å²) in [6, 6.07) is 1.84. The molecule has 0 spiro atoms. The highest BCUT2D eigenvalue weighted by atomic mass is 32.1. The van der Waals surface area contributed by atoms with Crippen LogP contribution in [-0.4, -0.2) is 23.7 Å². The maximum absolute atomic E-state index is 11.5. The number of carbonyl (C=O) groups excluding carboxylic acids is 1. The van der Waals surface area contributed by atoms with Crippen molar-refractivity contribution in [2.24, 2.45) is 0 Å². The zero-order valence-corrected chi connectivity index (χ0v) is 10.2. The second-order valence-corrected chi connectivity index (χ2v) is 4.85. The largest absolute Gasteiger partial charge is 0.387 e. The Kier molecular flexibility index (Phi) is 4.17. The molecule has 0 saturated carbocycles. The molecule has 0 aliphatic heterocycles. The minimum absolute atomic E-state index is 0.202. The van der Waals surface area contributed by atoms with Gasteiger partial charge in [0.1, 0.15) is 0 Å². The number of thiophene rings is 1. The standard InChI is InChI=1S/C12H16N2O2S/c15-11(9-5-6-17-8-9)7-13-12(16)14-10-3-1-2-4-10/h1-2,5-6,8,10-11,15H,3-4,7H2,(H2,13,14,16). The monoisotopic (exact) mass is 252 g/mol. The van der Waals surface area contributed by atoms with Gasteiger partial charge >= 0.3 is 6.03 Å². The second-order valence-electron chi connectivity index (χ2n) is 4.07. The van der Waals surface area contributed by atoms with E-state index in [9.17, 15) is 9.90 Å². The molecule has 2 amide bonds. The van der Waals surface area contributed by atoms with E-state index in [1.165, 1.54) is 11.3 Å². The lowest BCUT2D eigenvalue weighted by molar-refractivity contribution is 0.173. The molecule has 3 N–H and O–H groups in total. The first kappa shape index (κ1) is 12.1. The smallest absolute Gasteiger partial charge is 0.315 e. The first-order chi connectivity index (χ1) is 8.25. The Bertz CT molecular complexity index is 381. The van der Waals surface area contributed by atoms with Crippen molar-refractivity contribution < 1.29 is 9.90 Å². The van der Waals surface area contributed by atoms with E-state index in [4.69, 9.17) is 0 Å².